The van der Waals surface area contributed by atoms with E-state index >= 15 is 0 Å². The standard InChI is InChI=1S/C34H33N3O9S.C17H19NO3/c1-21(43-3)16-17-45-33(39)24-8-7-9-27(18-24)47(41,42)36-26-14-12-23(13-15-26)31-29(34(40)46-35-31)19-25-20-37(22(2)32(38)44-4)30-11-6-5-10-28(25)30;1-3-11-7-12(4-2)9-13(8-11)17(21)18-15-10-14(19)5-6-16(15)20/h5-15,18-22,36H,16-17H2,1-4H3;5-10,19-20H,3-4H2,1-2H3,(H,18,21). The molecule has 7 rings (SSSR count). The molecule has 16 nitrogen and oxygen atoms in total. The molecule has 2 atom stereocenters. The number of fused-ring (bicyclic) bond motifs is 1. The molecule has 0 bridgehead atoms. The van der Waals surface area contributed by atoms with Crippen LogP contribution in [0.5, 0.6) is 11.5 Å². The van der Waals surface area contributed by atoms with Crippen LogP contribution < -0.4 is 10.0 Å². The molecule has 5 aromatic carbocycles. The Morgan fingerprint density at radius 1 is 0.853 bits per heavy atom. The van der Waals surface area contributed by atoms with Gasteiger partial charge in [0.05, 0.1) is 41.5 Å². The topological polar surface area (TPSA) is 221 Å². The van der Waals surface area contributed by atoms with Crippen LogP contribution in [0, 0.1) is 0 Å². The van der Waals surface area contributed by atoms with Crippen molar-refractivity contribution < 1.29 is 56.9 Å². The second-order valence-corrected chi connectivity index (χ2v) is 17.3. The van der Waals surface area contributed by atoms with Gasteiger partial charge in [-0.2, -0.15) is 0 Å². The van der Waals surface area contributed by atoms with Crippen molar-refractivity contribution >= 4 is 67.9 Å². The number of hydrogen-bond acceptors (Lipinski definition) is 13. The first-order valence-corrected chi connectivity index (χ1v) is 23.1. The molecule has 2 unspecified atom stereocenters. The van der Waals surface area contributed by atoms with E-state index in [4.69, 9.17) is 19.0 Å². The van der Waals surface area contributed by atoms with Gasteiger partial charge in [0.25, 0.3) is 15.9 Å². The van der Waals surface area contributed by atoms with Gasteiger partial charge in [0.2, 0.25) is 0 Å². The first-order chi connectivity index (χ1) is 32.5. The van der Waals surface area contributed by atoms with Crippen molar-refractivity contribution in [3.63, 3.8) is 0 Å². The molecule has 2 heterocycles. The fourth-order valence-electron chi connectivity index (χ4n) is 7.06. The van der Waals surface area contributed by atoms with Crippen LogP contribution in [-0.4, -0.2) is 79.7 Å². The summed E-state index contributed by atoms with van der Waals surface area (Å²) in [4.78, 5) is 54.7. The highest BCUT2D eigenvalue weighted by atomic mass is 32.2. The minimum atomic E-state index is -4.07. The third-order valence-electron chi connectivity index (χ3n) is 11.0. The summed E-state index contributed by atoms with van der Waals surface area (Å²) >= 11 is 0. The van der Waals surface area contributed by atoms with E-state index in [9.17, 15) is 37.8 Å². The number of rotatable bonds is 16. The number of aromatic hydroxyl groups is 2. The van der Waals surface area contributed by atoms with Gasteiger partial charge in [-0.05, 0) is 105 Å². The van der Waals surface area contributed by atoms with Crippen molar-refractivity contribution in [2.24, 2.45) is 5.16 Å². The molecule has 0 spiro atoms. The molecule has 68 heavy (non-hydrogen) atoms. The van der Waals surface area contributed by atoms with Crippen LogP contribution in [0.3, 0.4) is 0 Å². The number of aryl methyl sites for hydroxylation is 2. The summed E-state index contributed by atoms with van der Waals surface area (Å²) in [5.74, 6) is -2.12. The van der Waals surface area contributed by atoms with Gasteiger partial charge in [0, 0.05) is 59.1 Å². The lowest BCUT2D eigenvalue weighted by atomic mass is 10.0. The minimum Gasteiger partial charge on any atom is -0.508 e. The Hall–Kier alpha value is -7.76. The Morgan fingerprint density at radius 3 is 2.24 bits per heavy atom. The number of hydrogen-bond donors (Lipinski definition) is 4. The van der Waals surface area contributed by atoms with Gasteiger partial charge < -0.3 is 39.1 Å². The van der Waals surface area contributed by atoms with Crippen molar-refractivity contribution in [1.29, 1.82) is 0 Å². The number of methoxy groups -OCH3 is 2. The van der Waals surface area contributed by atoms with Crippen molar-refractivity contribution in [3.8, 4) is 11.5 Å². The van der Waals surface area contributed by atoms with Gasteiger partial charge in [-0.1, -0.05) is 61.5 Å². The third kappa shape index (κ3) is 12.0. The molecule has 0 radical (unpaired) electrons. The number of ether oxygens (including phenoxy) is 3. The van der Waals surface area contributed by atoms with Crippen LogP contribution in [0.1, 0.15) is 83.1 Å². The maximum absolute atomic E-state index is 13.2. The average Bonchev–Trinajstić information content (AvgIpc) is 3.91. The smallest absolute Gasteiger partial charge is 0.368 e. The van der Waals surface area contributed by atoms with Gasteiger partial charge in [-0.25, -0.2) is 22.8 Å². The molecule has 0 aliphatic carbocycles. The molecular formula is C51H52N4O12S. The molecule has 1 aromatic heterocycles. The summed E-state index contributed by atoms with van der Waals surface area (Å²) < 4.78 is 45.9. The molecule has 6 aromatic rings. The van der Waals surface area contributed by atoms with Crippen LogP contribution in [0.4, 0.5) is 11.4 Å². The molecule has 354 valence electrons. The zero-order valence-electron chi connectivity index (χ0n) is 38.3. The lowest BCUT2D eigenvalue weighted by Gasteiger charge is -2.12. The maximum Gasteiger partial charge on any atom is 0.368 e. The predicted octanol–water partition coefficient (Wildman–Crippen LogP) is 8.58. The third-order valence-corrected chi connectivity index (χ3v) is 12.4. The number of benzene rings is 5. The predicted molar refractivity (Wildman–Crippen MR) is 257 cm³/mol. The van der Waals surface area contributed by atoms with E-state index in [-0.39, 0.29) is 63.2 Å². The van der Waals surface area contributed by atoms with Gasteiger partial charge in [-0.15, -0.1) is 0 Å². The Morgan fingerprint density at radius 2 is 1.56 bits per heavy atom. The highest BCUT2D eigenvalue weighted by molar-refractivity contribution is 7.92. The number of para-hydroxylation sites is 1. The molecule has 1 aliphatic rings. The molecule has 1 amide bonds. The number of carbonyl (C=O) groups excluding carboxylic acids is 4. The number of phenols is 2. The zero-order chi connectivity index (χ0) is 49.1. The number of carbonyl (C=O) groups is 4. The van der Waals surface area contributed by atoms with Gasteiger partial charge in [0.1, 0.15) is 23.3 Å². The van der Waals surface area contributed by atoms with Crippen LogP contribution in [0.2, 0.25) is 0 Å². The van der Waals surface area contributed by atoms with E-state index in [1.165, 1.54) is 61.7 Å². The molecule has 4 N–H and O–H groups in total. The van der Waals surface area contributed by atoms with E-state index < -0.39 is 34.0 Å². The average molecular weight is 945 g/mol. The van der Waals surface area contributed by atoms with Crippen molar-refractivity contribution in [3.05, 3.63) is 154 Å². The second-order valence-electron chi connectivity index (χ2n) is 15.7. The lowest BCUT2D eigenvalue weighted by molar-refractivity contribution is -0.144. The van der Waals surface area contributed by atoms with Crippen LogP contribution in [0.15, 0.2) is 131 Å². The minimum absolute atomic E-state index is 0.0142. The highest BCUT2D eigenvalue weighted by Gasteiger charge is 2.28. The van der Waals surface area contributed by atoms with E-state index in [0.29, 0.717) is 23.1 Å². The number of esters is 2. The number of oxime groups is 1. The zero-order valence-corrected chi connectivity index (χ0v) is 39.1. The highest BCUT2D eigenvalue weighted by Crippen LogP contribution is 2.31. The molecule has 0 saturated heterocycles. The fraction of sp³-hybridized carbons (Fsp3) is 0.235. The number of nitrogens with zero attached hydrogens (tertiary/aromatic N) is 2. The maximum atomic E-state index is 13.2. The van der Waals surface area contributed by atoms with Crippen molar-refractivity contribution in [2.75, 3.05) is 30.9 Å². The Balaban J connectivity index is 0.000000302. The monoisotopic (exact) mass is 944 g/mol. The number of aromatic nitrogens is 1. The molecule has 0 saturated carbocycles. The van der Waals surface area contributed by atoms with E-state index in [2.05, 4.69) is 21.3 Å². The lowest BCUT2D eigenvalue weighted by Crippen LogP contribution is -2.16. The van der Waals surface area contributed by atoms with E-state index in [1.807, 2.05) is 57.2 Å². The summed E-state index contributed by atoms with van der Waals surface area (Å²) in [5.41, 5.74) is 5.67. The largest absolute Gasteiger partial charge is 0.508 e. The molecule has 17 heteroatoms. The van der Waals surface area contributed by atoms with E-state index in [0.717, 1.165) is 34.9 Å². The Kier molecular flexibility index (Phi) is 16.2. The summed E-state index contributed by atoms with van der Waals surface area (Å²) in [5, 5.41) is 26.5. The molecular weight excluding hydrogens is 893 g/mol. The summed E-state index contributed by atoms with van der Waals surface area (Å²) in [7, 11) is -1.18. The second kappa shape index (κ2) is 22.2. The SMILES string of the molecule is CCc1cc(CC)cc(C(=O)Nc2cc(O)ccc2O)c1.COC(=O)C(C)n1cc(C=C2C(=O)ON=C2c2ccc(NS(=O)(=O)c3cccc(C(=O)OCCC(C)OC)c3)cc2)c2ccccc21. The van der Waals surface area contributed by atoms with E-state index in [1.54, 1.807) is 43.0 Å². The quantitative estimate of drug-likeness (QED) is 0.0236. The number of anilines is 2. The molecule has 1 aliphatic heterocycles. The van der Waals surface area contributed by atoms with Crippen molar-refractivity contribution in [1.82, 2.24) is 4.57 Å². The number of phenolic OH excluding ortho intramolecular Hbond substituents is 2. The number of amides is 1. The van der Waals surface area contributed by atoms with Crippen LogP contribution in [-0.2, 0) is 51.5 Å². The van der Waals surface area contributed by atoms with Gasteiger partial charge in [0.15, 0.2) is 0 Å². The molecule has 0 fully saturated rings. The number of nitrogens with one attached hydrogen (secondary N) is 2. The summed E-state index contributed by atoms with van der Waals surface area (Å²) in [6, 6.07) is 28.4. The van der Waals surface area contributed by atoms with Crippen LogP contribution in [0.25, 0.3) is 17.0 Å². The Bertz CT molecular complexity index is 2990. The summed E-state index contributed by atoms with van der Waals surface area (Å²) in [6.45, 7) is 7.78. The summed E-state index contributed by atoms with van der Waals surface area (Å²) in [6.07, 6.45) is 5.53. The van der Waals surface area contributed by atoms with Crippen LogP contribution >= 0.6 is 0 Å². The normalized spacial score (nSPS) is 13.7. The first-order valence-electron chi connectivity index (χ1n) is 21.6. The first kappa shape index (κ1) is 49.7. The Labute approximate surface area is 393 Å². The van der Waals surface area contributed by atoms with Gasteiger partial charge >= 0.3 is 17.9 Å². The van der Waals surface area contributed by atoms with Gasteiger partial charge in [-0.3, -0.25) is 9.52 Å². The van der Waals surface area contributed by atoms with Crippen molar-refractivity contribution in [2.45, 2.75) is 64.0 Å². The number of sulfonamides is 1. The fourth-order valence-corrected chi connectivity index (χ4v) is 8.17.